The molecular formula is C28H25N5OS. The zero-order valence-electron chi connectivity index (χ0n) is 19.7. The van der Waals surface area contributed by atoms with E-state index in [1.54, 1.807) is 13.1 Å². The number of hydrogen-bond acceptors (Lipinski definition) is 6. The molecular weight excluding hydrogens is 454 g/mol. The van der Waals surface area contributed by atoms with Gasteiger partial charge in [-0.1, -0.05) is 36.4 Å². The molecule has 174 valence electrons. The van der Waals surface area contributed by atoms with E-state index in [0.717, 1.165) is 46.4 Å². The van der Waals surface area contributed by atoms with Crippen LogP contribution < -0.4 is 5.73 Å². The lowest BCUT2D eigenvalue weighted by atomic mass is 9.65. The molecule has 0 radical (unpaired) electrons. The second-order valence-electron chi connectivity index (χ2n) is 9.51. The van der Waals surface area contributed by atoms with E-state index in [4.69, 9.17) is 10.7 Å². The maximum absolute atomic E-state index is 13.6. The van der Waals surface area contributed by atoms with Crippen LogP contribution in [0.2, 0.25) is 0 Å². The average Bonchev–Trinajstić information content (AvgIpc) is 3.35. The molecule has 3 aromatic rings. The van der Waals surface area contributed by atoms with E-state index < -0.39 is 16.9 Å². The second-order valence-corrected chi connectivity index (χ2v) is 10.4. The van der Waals surface area contributed by atoms with Crippen LogP contribution in [0.1, 0.15) is 53.7 Å². The molecule has 2 aliphatic rings. The van der Waals surface area contributed by atoms with E-state index in [-0.39, 0.29) is 11.9 Å². The fourth-order valence-electron chi connectivity index (χ4n) is 5.10. The number of nitrogens with zero attached hydrogens (tertiary/aromatic N) is 4. The third kappa shape index (κ3) is 3.60. The van der Waals surface area contributed by atoms with Crippen LogP contribution in [0.5, 0.6) is 0 Å². The maximum Gasteiger partial charge on any atom is 0.239 e. The highest BCUT2D eigenvalue weighted by molar-refractivity contribution is 7.10. The maximum atomic E-state index is 13.6. The van der Waals surface area contributed by atoms with Crippen LogP contribution in [-0.2, 0) is 15.7 Å². The van der Waals surface area contributed by atoms with Crippen LogP contribution in [0, 0.1) is 22.7 Å². The van der Waals surface area contributed by atoms with Gasteiger partial charge >= 0.3 is 0 Å². The Morgan fingerprint density at radius 2 is 1.86 bits per heavy atom. The van der Waals surface area contributed by atoms with E-state index in [9.17, 15) is 15.3 Å². The molecule has 1 amide bonds. The number of aliphatic imine (C=N–C) groups is 1. The molecule has 0 saturated heterocycles. The summed E-state index contributed by atoms with van der Waals surface area (Å²) in [5.74, 6) is -0.497. The van der Waals surface area contributed by atoms with Gasteiger partial charge in [0.2, 0.25) is 5.91 Å². The predicted molar refractivity (Wildman–Crippen MR) is 137 cm³/mol. The fraction of sp³-hybridized carbons (Fsp3) is 0.286. The van der Waals surface area contributed by atoms with Gasteiger partial charge in [0, 0.05) is 11.9 Å². The van der Waals surface area contributed by atoms with Crippen LogP contribution in [0.3, 0.4) is 0 Å². The number of nitriles is 2. The SMILES string of the molecule is CN1C(=O)[C@@H](c2ccc(C3(C#N)CCC3)cc2)[C@@](C)(c2cc(-c3cccc(C#N)c3)cs2)N=C1N. The van der Waals surface area contributed by atoms with Gasteiger partial charge in [0.15, 0.2) is 5.96 Å². The van der Waals surface area contributed by atoms with Gasteiger partial charge in [-0.15, -0.1) is 11.3 Å². The Labute approximate surface area is 208 Å². The molecule has 1 aromatic heterocycles. The zero-order chi connectivity index (χ0) is 24.8. The van der Waals surface area contributed by atoms with Crippen molar-refractivity contribution in [3.63, 3.8) is 0 Å². The zero-order valence-corrected chi connectivity index (χ0v) is 20.5. The van der Waals surface area contributed by atoms with Crippen molar-refractivity contribution < 1.29 is 4.79 Å². The number of rotatable bonds is 4. The monoisotopic (exact) mass is 479 g/mol. The number of amides is 1. The fourth-order valence-corrected chi connectivity index (χ4v) is 6.16. The molecule has 1 saturated carbocycles. The van der Waals surface area contributed by atoms with Gasteiger partial charge < -0.3 is 5.73 Å². The number of hydrogen-bond donors (Lipinski definition) is 1. The number of benzene rings is 2. The minimum absolute atomic E-state index is 0.118. The van der Waals surface area contributed by atoms with E-state index in [0.29, 0.717) is 5.56 Å². The molecule has 2 aromatic carbocycles. The van der Waals surface area contributed by atoms with Crippen molar-refractivity contribution in [1.29, 1.82) is 10.5 Å². The van der Waals surface area contributed by atoms with Crippen molar-refractivity contribution in [1.82, 2.24) is 4.90 Å². The molecule has 1 aliphatic heterocycles. The highest BCUT2D eigenvalue weighted by Gasteiger charge is 2.48. The number of carbonyl (C=O) groups excluding carboxylic acids is 1. The Bertz CT molecular complexity index is 1420. The summed E-state index contributed by atoms with van der Waals surface area (Å²) in [4.78, 5) is 20.7. The van der Waals surface area contributed by atoms with E-state index >= 15 is 0 Å². The summed E-state index contributed by atoms with van der Waals surface area (Å²) in [6, 6.07) is 22.1. The molecule has 7 heteroatoms. The lowest BCUT2D eigenvalue weighted by Crippen LogP contribution is -2.52. The standard InChI is InChI=1S/C28H25N5OS/c1-27(23-14-21(16-35-23)20-6-3-5-18(13-20)15-29)24(25(34)33(2)26(31)32-27)19-7-9-22(10-8-19)28(17-30)11-4-12-28/h3,5-10,13-14,16,24H,4,11-12H2,1-2H3,(H2,31,32)/t24-,27-/m1/s1. The average molecular weight is 480 g/mol. The quantitative estimate of drug-likeness (QED) is 0.567. The minimum Gasteiger partial charge on any atom is -0.369 e. The highest BCUT2D eigenvalue weighted by atomic mass is 32.1. The molecule has 5 rings (SSSR count). The third-order valence-corrected chi connectivity index (χ3v) is 8.63. The van der Waals surface area contributed by atoms with Crippen LogP contribution in [-0.4, -0.2) is 23.8 Å². The van der Waals surface area contributed by atoms with Crippen molar-refractivity contribution >= 4 is 23.2 Å². The van der Waals surface area contributed by atoms with Gasteiger partial charge in [-0.3, -0.25) is 9.69 Å². The van der Waals surface area contributed by atoms with Crippen LogP contribution in [0.4, 0.5) is 0 Å². The molecule has 2 N–H and O–H groups in total. The first-order chi connectivity index (χ1) is 16.8. The summed E-state index contributed by atoms with van der Waals surface area (Å²) in [6.45, 7) is 1.95. The van der Waals surface area contributed by atoms with E-state index in [1.807, 2.05) is 60.8 Å². The van der Waals surface area contributed by atoms with Crippen LogP contribution >= 0.6 is 11.3 Å². The summed E-state index contributed by atoms with van der Waals surface area (Å²) in [5.41, 5.74) is 9.25. The number of likely N-dealkylation sites (N-methyl/N-ethyl adjacent to an activating group) is 1. The Hall–Kier alpha value is -3.94. The first-order valence-corrected chi connectivity index (χ1v) is 12.4. The number of nitrogens with two attached hydrogens (primary N) is 1. The molecule has 35 heavy (non-hydrogen) atoms. The molecule has 6 nitrogen and oxygen atoms in total. The summed E-state index contributed by atoms with van der Waals surface area (Å²) in [7, 11) is 1.65. The third-order valence-electron chi connectivity index (χ3n) is 7.47. The minimum atomic E-state index is -0.895. The molecule has 0 spiro atoms. The van der Waals surface area contributed by atoms with Crippen molar-refractivity contribution in [3.05, 3.63) is 81.5 Å². The summed E-state index contributed by atoms with van der Waals surface area (Å²) in [6.07, 6.45) is 2.81. The summed E-state index contributed by atoms with van der Waals surface area (Å²) in [5, 5.41) is 21.0. The van der Waals surface area contributed by atoms with Crippen LogP contribution in [0.25, 0.3) is 11.1 Å². The van der Waals surface area contributed by atoms with Gasteiger partial charge in [0.05, 0.1) is 29.0 Å². The molecule has 0 bridgehead atoms. The Morgan fingerprint density at radius 1 is 1.11 bits per heavy atom. The Morgan fingerprint density at radius 3 is 2.49 bits per heavy atom. The smallest absolute Gasteiger partial charge is 0.239 e. The molecule has 1 aliphatic carbocycles. The Balaban J connectivity index is 1.57. The largest absolute Gasteiger partial charge is 0.369 e. The van der Waals surface area contributed by atoms with Crippen molar-refractivity contribution in [3.8, 4) is 23.3 Å². The van der Waals surface area contributed by atoms with Crippen LogP contribution in [0.15, 0.2) is 65.0 Å². The molecule has 2 atom stereocenters. The Kier molecular flexibility index (Phi) is 5.46. The number of thiophene rings is 1. The molecule has 2 heterocycles. The number of carbonyl (C=O) groups is 1. The van der Waals surface area contributed by atoms with Gasteiger partial charge in [-0.2, -0.15) is 10.5 Å². The highest BCUT2D eigenvalue weighted by Crippen LogP contribution is 2.48. The van der Waals surface area contributed by atoms with Crippen molar-refractivity contribution in [2.75, 3.05) is 7.05 Å². The lowest BCUT2D eigenvalue weighted by Gasteiger charge is -2.40. The van der Waals surface area contributed by atoms with Crippen molar-refractivity contribution in [2.24, 2.45) is 10.7 Å². The van der Waals surface area contributed by atoms with Gasteiger partial charge in [-0.25, -0.2) is 4.99 Å². The predicted octanol–water partition coefficient (Wildman–Crippen LogP) is 5.02. The van der Waals surface area contributed by atoms with E-state index in [2.05, 4.69) is 12.1 Å². The first kappa shape index (κ1) is 22.8. The second kappa shape index (κ2) is 8.37. The topological polar surface area (TPSA) is 106 Å². The lowest BCUT2D eigenvalue weighted by molar-refractivity contribution is -0.130. The summed E-state index contributed by atoms with van der Waals surface area (Å²) < 4.78 is 0. The normalized spacial score (nSPS) is 23.1. The van der Waals surface area contributed by atoms with E-state index in [1.165, 1.54) is 16.2 Å². The van der Waals surface area contributed by atoms with Gasteiger partial charge in [0.1, 0.15) is 5.54 Å². The van der Waals surface area contributed by atoms with Gasteiger partial charge in [-0.05, 0) is 72.0 Å². The first-order valence-electron chi connectivity index (χ1n) is 11.6. The molecule has 1 fully saturated rings. The summed E-state index contributed by atoms with van der Waals surface area (Å²) >= 11 is 1.53. The van der Waals surface area contributed by atoms with Gasteiger partial charge in [0.25, 0.3) is 0 Å². The molecule has 0 unspecified atom stereocenters. The number of guanidine groups is 1. The van der Waals surface area contributed by atoms with Crippen molar-refractivity contribution in [2.45, 2.75) is 43.1 Å².